The van der Waals surface area contributed by atoms with E-state index in [1.807, 2.05) is 32.0 Å². The van der Waals surface area contributed by atoms with Gasteiger partial charge in [0.25, 0.3) is 0 Å². The number of benzene rings is 2. The average molecular weight is 297 g/mol. The molecule has 0 aromatic heterocycles. The lowest BCUT2D eigenvalue weighted by Crippen LogP contribution is -2.11. The van der Waals surface area contributed by atoms with Crippen LogP contribution in [0.25, 0.3) is 0 Å². The van der Waals surface area contributed by atoms with Crippen LogP contribution < -0.4 is 14.2 Å². The van der Waals surface area contributed by atoms with Crippen molar-refractivity contribution in [2.24, 2.45) is 0 Å². The molecule has 0 aliphatic heterocycles. The molecule has 0 amide bonds. The Labute approximate surface area is 130 Å². The molecular weight excluding hydrogens is 278 g/mol. The molecule has 0 aliphatic rings. The molecule has 0 spiro atoms. The van der Waals surface area contributed by atoms with Gasteiger partial charge in [-0.1, -0.05) is 24.3 Å². The normalized spacial score (nSPS) is 9.91. The smallest absolute Gasteiger partial charge is 0.179 e. The molecule has 0 bridgehead atoms. The molecule has 0 fully saturated rings. The first-order valence-electron chi connectivity index (χ1n) is 7.06. The number of rotatable bonds is 6. The third kappa shape index (κ3) is 3.50. The maximum Gasteiger partial charge on any atom is 0.179 e. The van der Waals surface area contributed by atoms with E-state index >= 15 is 0 Å². The van der Waals surface area contributed by atoms with E-state index in [9.17, 15) is 0 Å². The first-order valence-corrected chi connectivity index (χ1v) is 7.06. The van der Waals surface area contributed by atoms with E-state index in [2.05, 4.69) is 6.07 Å². The lowest BCUT2D eigenvalue weighted by molar-refractivity contribution is 0.209. The second-order valence-corrected chi connectivity index (χ2v) is 4.87. The molecule has 0 heterocycles. The molecule has 0 saturated carbocycles. The highest BCUT2D eigenvalue weighted by Gasteiger charge is 2.10. The molecule has 114 valence electrons. The van der Waals surface area contributed by atoms with Crippen molar-refractivity contribution in [3.63, 3.8) is 0 Å². The monoisotopic (exact) mass is 297 g/mol. The number of hydrogen-bond acceptors (Lipinski definition) is 4. The van der Waals surface area contributed by atoms with Gasteiger partial charge in [-0.05, 0) is 37.1 Å². The third-order valence-electron chi connectivity index (χ3n) is 3.30. The highest BCUT2D eigenvalue weighted by Crippen LogP contribution is 2.30. The summed E-state index contributed by atoms with van der Waals surface area (Å²) in [6.45, 7) is 4.76. The first-order chi connectivity index (χ1) is 10.7. The molecular formula is C18H19NO3. The Morgan fingerprint density at radius 1 is 0.909 bits per heavy atom. The van der Waals surface area contributed by atoms with Gasteiger partial charge in [-0.15, -0.1) is 0 Å². The predicted octanol–water partition coefficient (Wildman–Crippen LogP) is 3.64. The van der Waals surface area contributed by atoms with Crippen molar-refractivity contribution in [2.45, 2.75) is 13.8 Å². The quantitative estimate of drug-likeness (QED) is 0.764. The lowest BCUT2D eigenvalue weighted by atomic mass is 10.1. The summed E-state index contributed by atoms with van der Waals surface area (Å²) in [7, 11) is 1.55. The molecule has 2 rings (SSSR count). The molecule has 4 heteroatoms. The Bertz CT molecular complexity index is 669. The zero-order valence-corrected chi connectivity index (χ0v) is 13.1. The topological polar surface area (TPSA) is 51.5 Å². The summed E-state index contributed by atoms with van der Waals surface area (Å²) in [6, 6.07) is 13.4. The van der Waals surface area contributed by atoms with Crippen LogP contribution in [0.3, 0.4) is 0 Å². The minimum absolute atomic E-state index is 0.336. The van der Waals surface area contributed by atoms with Gasteiger partial charge < -0.3 is 14.2 Å². The van der Waals surface area contributed by atoms with E-state index in [0.29, 0.717) is 30.3 Å². The highest BCUT2D eigenvalue weighted by atomic mass is 16.5. The van der Waals surface area contributed by atoms with E-state index in [-0.39, 0.29) is 0 Å². The van der Waals surface area contributed by atoms with E-state index < -0.39 is 0 Å². The highest BCUT2D eigenvalue weighted by molar-refractivity contribution is 5.52. The fraction of sp³-hybridized carbons (Fsp3) is 0.278. The Morgan fingerprint density at radius 2 is 1.50 bits per heavy atom. The molecule has 0 N–H and O–H groups in total. The van der Waals surface area contributed by atoms with Crippen LogP contribution in [0.2, 0.25) is 0 Å². The summed E-state index contributed by atoms with van der Waals surface area (Å²) in [6.07, 6.45) is 0. The molecule has 0 unspecified atom stereocenters. The summed E-state index contributed by atoms with van der Waals surface area (Å²) >= 11 is 0. The maximum absolute atomic E-state index is 9.13. The van der Waals surface area contributed by atoms with Crippen LogP contribution in [-0.4, -0.2) is 20.3 Å². The van der Waals surface area contributed by atoms with E-state index in [1.165, 1.54) is 0 Å². The van der Waals surface area contributed by atoms with Crippen molar-refractivity contribution >= 4 is 0 Å². The standard InChI is InChI=1S/C18H19NO3/c1-13-6-4-7-14(2)17(13)21-10-11-22-18-15(12-19)8-5-9-16(18)20-3/h4-9H,10-11H2,1-3H3. The zero-order chi connectivity index (χ0) is 15.9. The van der Waals surface area contributed by atoms with Gasteiger partial charge in [-0.3, -0.25) is 0 Å². The van der Waals surface area contributed by atoms with Crippen molar-refractivity contribution in [3.05, 3.63) is 53.1 Å². The first kappa shape index (κ1) is 15.7. The molecule has 4 nitrogen and oxygen atoms in total. The average Bonchev–Trinajstić information content (AvgIpc) is 2.53. The van der Waals surface area contributed by atoms with Crippen molar-refractivity contribution < 1.29 is 14.2 Å². The molecule has 0 saturated heterocycles. The van der Waals surface area contributed by atoms with E-state index in [1.54, 1.807) is 25.3 Å². The second-order valence-electron chi connectivity index (χ2n) is 4.87. The molecule has 2 aromatic carbocycles. The number of para-hydroxylation sites is 2. The molecule has 0 aliphatic carbocycles. The summed E-state index contributed by atoms with van der Waals surface area (Å²) in [5.41, 5.74) is 2.64. The van der Waals surface area contributed by atoms with Gasteiger partial charge in [0.2, 0.25) is 0 Å². The van der Waals surface area contributed by atoms with Crippen molar-refractivity contribution in [2.75, 3.05) is 20.3 Å². The Kier molecular flexibility index (Phi) is 5.26. The van der Waals surface area contributed by atoms with Crippen LogP contribution >= 0.6 is 0 Å². The lowest BCUT2D eigenvalue weighted by Gasteiger charge is -2.14. The largest absolute Gasteiger partial charge is 0.493 e. The number of hydrogen-bond donors (Lipinski definition) is 0. The van der Waals surface area contributed by atoms with Crippen LogP contribution in [0.4, 0.5) is 0 Å². The minimum atomic E-state index is 0.336. The number of nitrogens with zero attached hydrogens (tertiary/aromatic N) is 1. The van der Waals surface area contributed by atoms with E-state index in [0.717, 1.165) is 16.9 Å². The molecule has 0 radical (unpaired) electrons. The Balaban J connectivity index is 1.99. The Morgan fingerprint density at radius 3 is 2.09 bits per heavy atom. The SMILES string of the molecule is COc1cccc(C#N)c1OCCOc1c(C)cccc1C. The van der Waals surface area contributed by atoms with E-state index in [4.69, 9.17) is 19.5 Å². The Hall–Kier alpha value is -2.67. The van der Waals surface area contributed by atoms with Gasteiger partial charge in [0, 0.05) is 0 Å². The second kappa shape index (κ2) is 7.37. The van der Waals surface area contributed by atoms with Crippen molar-refractivity contribution in [1.82, 2.24) is 0 Å². The summed E-state index contributed by atoms with van der Waals surface area (Å²) in [4.78, 5) is 0. The van der Waals surface area contributed by atoms with Crippen LogP contribution in [0.1, 0.15) is 16.7 Å². The van der Waals surface area contributed by atoms with Crippen molar-refractivity contribution in [3.8, 4) is 23.3 Å². The van der Waals surface area contributed by atoms with Gasteiger partial charge >= 0.3 is 0 Å². The van der Waals surface area contributed by atoms with Crippen LogP contribution in [0, 0.1) is 25.2 Å². The third-order valence-corrected chi connectivity index (χ3v) is 3.30. The van der Waals surface area contributed by atoms with Crippen LogP contribution in [0.15, 0.2) is 36.4 Å². The van der Waals surface area contributed by atoms with Crippen LogP contribution in [0.5, 0.6) is 17.2 Å². The maximum atomic E-state index is 9.13. The van der Waals surface area contributed by atoms with Gasteiger partial charge in [-0.2, -0.15) is 5.26 Å². The summed E-state index contributed by atoms with van der Waals surface area (Å²) < 4.78 is 16.7. The fourth-order valence-corrected chi connectivity index (χ4v) is 2.23. The number of aryl methyl sites for hydroxylation is 2. The molecule has 2 aromatic rings. The van der Waals surface area contributed by atoms with Gasteiger partial charge in [0.05, 0.1) is 12.7 Å². The zero-order valence-electron chi connectivity index (χ0n) is 13.1. The minimum Gasteiger partial charge on any atom is -0.493 e. The number of nitriles is 1. The van der Waals surface area contributed by atoms with Crippen LogP contribution in [-0.2, 0) is 0 Å². The fourth-order valence-electron chi connectivity index (χ4n) is 2.23. The van der Waals surface area contributed by atoms with Gasteiger partial charge in [-0.25, -0.2) is 0 Å². The number of ether oxygens (including phenoxy) is 3. The summed E-state index contributed by atoms with van der Waals surface area (Å²) in [5, 5.41) is 9.13. The molecule has 0 atom stereocenters. The van der Waals surface area contributed by atoms with Gasteiger partial charge in [0.15, 0.2) is 11.5 Å². The van der Waals surface area contributed by atoms with Gasteiger partial charge in [0.1, 0.15) is 25.0 Å². The summed E-state index contributed by atoms with van der Waals surface area (Å²) in [5.74, 6) is 1.88. The predicted molar refractivity (Wildman–Crippen MR) is 84.6 cm³/mol. The van der Waals surface area contributed by atoms with Crippen molar-refractivity contribution in [1.29, 1.82) is 5.26 Å². The molecule has 22 heavy (non-hydrogen) atoms. The number of methoxy groups -OCH3 is 1.